The topological polar surface area (TPSA) is 76.5 Å². The first-order valence-electron chi connectivity index (χ1n) is 9.89. The van der Waals surface area contributed by atoms with Gasteiger partial charge in [0.1, 0.15) is 17.0 Å². The number of benzene rings is 2. The highest BCUT2D eigenvalue weighted by atomic mass is 16.5. The molecule has 7 nitrogen and oxygen atoms in total. The fourth-order valence-electron chi connectivity index (χ4n) is 4.57. The van der Waals surface area contributed by atoms with E-state index in [0.717, 1.165) is 22.5 Å². The van der Waals surface area contributed by atoms with Gasteiger partial charge in [-0.25, -0.2) is 4.68 Å². The molecule has 0 aliphatic carbocycles. The summed E-state index contributed by atoms with van der Waals surface area (Å²) in [6.07, 6.45) is 7.23. The lowest BCUT2D eigenvalue weighted by atomic mass is 9.71. The van der Waals surface area contributed by atoms with Gasteiger partial charge in [0.15, 0.2) is 0 Å². The molecular weight excluding hydrogens is 392 g/mol. The van der Waals surface area contributed by atoms with Crippen molar-refractivity contribution < 1.29 is 14.3 Å². The van der Waals surface area contributed by atoms with E-state index < -0.39 is 5.41 Å². The molecule has 0 unspecified atom stereocenters. The summed E-state index contributed by atoms with van der Waals surface area (Å²) in [6.45, 7) is 2.10. The van der Waals surface area contributed by atoms with Gasteiger partial charge < -0.3 is 10.1 Å². The van der Waals surface area contributed by atoms with Gasteiger partial charge in [0.05, 0.1) is 25.5 Å². The number of terminal acetylenes is 1. The Hall–Kier alpha value is -4.05. The molecule has 5 rings (SSSR count). The summed E-state index contributed by atoms with van der Waals surface area (Å²) in [5.41, 5.74) is 2.79. The molecule has 2 aromatic carbocycles. The number of carbonyl (C=O) groups excluding carboxylic acids is 2. The minimum atomic E-state index is -1.15. The molecule has 1 N–H and O–H groups in total. The molecule has 154 valence electrons. The largest absolute Gasteiger partial charge is 0.497 e. The van der Waals surface area contributed by atoms with E-state index in [9.17, 15) is 9.59 Å². The van der Waals surface area contributed by atoms with Crippen molar-refractivity contribution in [2.24, 2.45) is 0 Å². The summed E-state index contributed by atoms with van der Waals surface area (Å²) < 4.78 is 6.86. The van der Waals surface area contributed by atoms with E-state index in [1.165, 1.54) is 0 Å². The van der Waals surface area contributed by atoms with Crippen LogP contribution in [0.2, 0.25) is 0 Å². The quantitative estimate of drug-likeness (QED) is 0.672. The molecule has 1 atom stereocenters. The number of fused-ring (bicyclic) bond motifs is 4. The van der Waals surface area contributed by atoms with Crippen molar-refractivity contribution in [1.82, 2.24) is 9.78 Å². The first-order chi connectivity index (χ1) is 15.0. The maximum atomic E-state index is 13.8. The summed E-state index contributed by atoms with van der Waals surface area (Å²) >= 11 is 0. The second-order valence-corrected chi connectivity index (χ2v) is 7.76. The molecule has 0 bridgehead atoms. The number of methoxy groups -OCH3 is 1. The van der Waals surface area contributed by atoms with Crippen molar-refractivity contribution in [3.63, 3.8) is 0 Å². The number of nitrogens with one attached hydrogen (secondary N) is 1. The summed E-state index contributed by atoms with van der Waals surface area (Å²) in [7, 11) is 1.60. The smallest absolute Gasteiger partial charge is 0.243 e. The Morgan fingerprint density at radius 2 is 1.97 bits per heavy atom. The molecule has 0 fully saturated rings. The number of aromatic nitrogens is 2. The predicted molar refractivity (Wildman–Crippen MR) is 117 cm³/mol. The van der Waals surface area contributed by atoms with E-state index in [-0.39, 0.29) is 24.8 Å². The third-order valence-corrected chi connectivity index (χ3v) is 5.99. The number of hydrogen-bond donors (Lipinski definition) is 1. The maximum absolute atomic E-state index is 13.8. The van der Waals surface area contributed by atoms with E-state index >= 15 is 0 Å². The Balaban J connectivity index is 1.74. The number of nitrogens with zero attached hydrogens (tertiary/aromatic N) is 3. The summed E-state index contributed by atoms with van der Waals surface area (Å²) in [5.74, 6) is 3.33. The molecule has 0 saturated heterocycles. The van der Waals surface area contributed by atoms with Crippen LogP contribution in [0.3, 0.4) is 0 Å². The van der Waals surface area contributed by atoms with E-state index in [0.29, 0.717) is 17.1 Å². The molecule has 1 aromatic heterocycles. The molecule has 2 aliphatic heterocycles. The number of rotatable bonds is 3. The molecule has 3 heterocycles. The lowest BCUT2D eigenvalue weighted by Crippen LogP contribution is -2.46. The molecule has 3 aromatic rings. The van der Waals surface area contributed by atoms with Crippen LogP contribution >= 0.6 is 0 Å². The fraction of sp³-hybridized carbons (Fsp3) is 0.208. The highest BCUT2D eigenvalue weighted by Crippen LogP contribution is 2.52. The molecule has 0 radical (unpaired) electrons. The van der Waals surface area contributed by atoms with Crippen LogP contribution in [0.4, 0.5) is 11.5 Å². The van der Waals surface area contributed by atoms with Crippen molar-refractivity contribution >= 4 is 23.3 Å². The van der Waals surface area contributed by atoms with Gasteiger partial charge in [-0.3, -0.25) is 14.5 Å². The highest BCUT2D eigenvalue weighted by molar-refractivity contribution is 6.16. The fourth-order valence-corrected chi connectivity index (χ4v) is 4.57. The number of hydrogen-bond acceptors (Lipinski definition) is 4. The highest BCUT2D eigenvalue weighted by Gasteiger charge is 2.57. The first kappa shape index (κ1) is 18.9. The third-order valence-electron chi connectivity index (χ3n) is 5.99. The van der Waals surface area contributed by atoms with Gasteiger partial charge in [0.25, 0.3) is 0 Å². The van der Waals surface area contributed by atoms with Crippen molar-refractivity contribution in [3.05, 3.63) is 65.4 Å². The van der Waals surface area contributed by atoms with E-state index in [1.54, 1.807) is 22.9 Å². The van der Waals surface area contributed by atoms with Gasteiger partial charge in [0, 0.05) is 17.7 Å². The molecule has 0 saturated carbocycles. The van der Waals surface area contributed by atoms with Crippen LogP contribution < -0.4 is 15.0 Å². The van der Waals surface area contributed by atoms with Crippen molar-refractivity contribution in [2.75, 3.05) is 23.9 Å². The molecule has 7 heteroatoms. The van der Waals surface area contributed by atoms with Gasteiger partial charge >= 0.3 is 0 Å². The van der Waals surface area contributed by atoms with Crippen molar-refractivity contribution in [2.45, 2.75) is 18.8 Å². The number of anilines is 2. The number of ether oxygens (including phenoxy) is 1. The zero-order valence-electron chi connectivity index (χ0n) is 17.2. The molecular formula is C24H20N4O3. The number of amides is 2. The minimum absolute atomic E-state index is 0.00463. The zero-order chi connectivity index (χ0) is 21.8. The Labute approximate surface area is 179 Å². The Bertz CT molecular complexity index is 1270. The van der Waals surface area contributed by atoms with Crippen molar-refractivity contribution in [3.8, 4) is 23.8 Å². The van der Waals surface area contributed by atoms with Crippen LogP contribution in [-0.2, 0) is 15.0 Å². The Kier molecular flexibility index (Phi) is 4.12. The summed E-state index contributed by atoms with van der Waals surface area (Å²) in [4.78, 5) is 28.3. The second kappa shape index (κ2) is 6.74. The second-order valence-electron chi connectivity index (χ2n) is 7.76. The van der Waals surface area contributed by atoms with Crippen LogP contribution in [0.15, 0.2) is 48.7 Å². The van der Waals surface area contributed by atoms with E-state index in [1.807, 2.05) is 49.4 Å². The van der Waals surface area contributed by atoms with Crippen LogP contribution in [0.5, 0.6) is 5.75 Å². The Morgan fingerprint density at radius 1 is 1.19 bits per heavy atom. The third kappa shape index (κ3) is 2.58. The van der Waals surface area contributed by atoms with Gasteiger partial charge in [0.2, 0.25) is 11.8 Å². The van der Waals surface area contributed by atoms with Crippen LogP contribution in [0.25, 0.3) is 5.69 Å². The molecule has 1 spiro atoms. The molecule has 2 aliphatic rings. The average Bonchev–Trinajstić information content (AvgIpc) is 3.28. The van der Waals surface area contributed by atoms with Gasteiger partial charge in [-0.15, -0.1) is 6.42 Å². The van der Waals surface area contributed by atoms with E-state index in [4.69, 9.17) is 11.2 Å². The Morgan fingerprint density at radius 3 is 2.68 bits per heavy atom. The summed E-state index contributed by atoms with van der Waals surface area (Å²) in [5, 5.41) is 7.45. The molecule has 2 amide bonds. The van der Waals surface area contributed by atoms with E-state index in [2.05, 4.69) is 16.3 Å². The van der Waals surface area contributed by atoms with Crippen molar-refractivity contribution in [1.29, 1.82) is 0 Å². The standard InChI is InChI=1S/C24H20N4O3/c1-4-11-27-20-10-5-15(2)12-18(20)24(23(27)30)13-21(29)26-22-19(24)14-25-28(22)16-6-8-17(31-3)9-7-16/h1,5-10,12,14H,11,13H2,2-3H3,(H,26,29)/t24-/m1/s1. The molecule has 31 heavy (non-hydrogen) atoms. The first-order valence-corrected chi connectivity index (χ1v) is 9.89. The van der Waals surface area contributed by atoms with Gasteiger partial charge in [-0.2, -0.15) is 5.10 Å². The van der Waals surface area contributed by atoms with Gasteiger partial charge in [-0.05, 0) is 42.8 Å². The number of carbonyl (C=O) groups is 2. The average molecular weight is 412 g/mol. The lowest BCUT2D eigenvalue weighted by Gasteiger charge is -2.32. The van der Waals surface area contributed by atoms with Crippen LogP contribution in [0, 0.1) is 19.3 Å². The monoisotopic (exact) mass is 412 g/mol. The lowest BCUT2D eigenvalue weighted by molar-refractivity contribution is -0.126. The summed E-state index contributed by atoms with van der Waals surface area (Å²) in [6, 6.07) is 13.1. The normalized spacial score (nSPS) is 19.1. The van der Waals surface area contributed by atoms with Crippen LogP contribution in [0.1, 0.15) is 23.1 Å². The number of aryl methyl sites for hydroxylation is 1. The maximum Gasteiger partial charge on any atom is 0.243 e. The predicted octanol–water partition coefficient (Wildman–Crippen LogP) is 2.80. The van der Waals surface area contributed by atoms with Crippen LogP contribution in [-0.4, -0.2) is 35.2 Å². The zero-order valence-corrected chi connectivity index (χ0v) is 17.2. The van der Waals surface area contributed by atoms with Gasteiger partial charge in [-0.1, -0.05) is 23.6 Å². The SMILES string of the molecule is C#CCN1C(=O)[C@]2(CC(=O)Nc3c2cnn3-c2ccc(OC)cc2)c2cc(C)ccc21. The minimum Gasteiger partial charge on any atom is -0.497 e.